The third kappa shape index (κ3) is 3.15. The molecule has 2 aromatic heterocycles. The fourth-order valence-electron chi connectivity index (χ4n) is 5.59. The van der Waals surface area contributed by atoms with Crippen molar-refractivity contribution in [3.8, 4) is 5.69 Å². The number of hydrogen-bond donors (Lipinski definition) is 0. The maximum Gasteiger partial charge on any atom is 0.151 e. The van der Waals surface area contributed by atoms with Crippen LogP contribution in [-0.4, -0.2) is 43.8 Å². The van der Waals surface area contributed by atoms with Gasteiger partial charge in [-0.15, -0.1) is 10.2 Å². The summed E-state index contributed by atoms with van der Waals surface area (Å²) in [6.45, 7) is 8.39. The van der Waals surface area contributed by atoms with Crippen LogP contribution in [0.3, 0.4) is 0 Å². The number of fused-ring (bicyclic) bond motifs is 3. The van der Waals surface area contributed by atoms with Crippen molar-refractivity contribution in [1.82, 2.24) is 24.6 Å². The van der Waals surface area contributed by atoms with E-state index >= 15 is 0 Å². The molecular weight excluding hydrogens is 408 g/mol. The van der Waals surface area contributed by atoms with Crippen molar-refractivity contribution in [3.63, 3.8) is 0 Å². The van der Waals surface area contributed by atoms with E-state index in [2.05, 4.69) is 56.5 Å². The summed E-state index contributed by atoms with van der Waals surface area (Å²) in [6, 6.07) is 10.8. The second-order valence-corrected chi connectivity index (χ2v) is 10.2. The van der Waals surface area contributed by atoms with E-state index in [1.54, 1.807) is 0 Å². The molecule has 0 radical (unpaired) electrons. The third-order valence-electron chi connectivity index (χ3n) is 7.27. The Morgan fingerprint density at radius 2 is 1.94 bits per heavy atom. The molecule has 0 amide bonds. The number of rotatable bonds is 3. The van der Waals surface area contributed by atoms with Crippen LogP contribution in [0, 0.1) is 5.41 Å². The molecule has 3 aliphatic rings. The van der Waals surface area contributed by atoms with Crippen LogP contribution in [0.5, 0.6) is 0 Å². The van der Waals surface area contributed by atoms with E-state index in [9.17, 15) is 0 Å². The van der Waals surface area contributed by atoms with Gasteiger partial charge in [0.05, 0.1) is 24.1 Å². The topological polar surface area (TPSA) is 50.1 Å². The zero-order chi connectivity index (χ0) is 21.2. The van der Waals surface area contributed by atoms with Crippen LogP contribution >= 0.6 is 11.6 Å². The summed E-state index contributed by atoms with van der Waals surface area (Å²) in [5, 5.41) is 10.1. The van der Waals surface area contributed by atoms with Crippen molar-refractivity contribution in [1.29, 1.82) is 0 Å². The molecule has 1 aromatic carbocycles. The van der Waals surface area contributed by atoms with Gasteiger partial charge in [-0.3, -0.25) is 14.5 Å². The van der Waals surface area contributed by atoms with Crippen LogP contribution in [0.1, 0.15) is 49.8 Å². The lowest BCUT2D eigenvalue weighted by molar-refractivity contribution is 0.0587. The van der Waals surface area contributed by atoms with E-state index in [1.165, 1.54) is 29.8 Å². The molecule has 3 aromatic rings. The third-order valence-corrected chi connectivity index (χ3v) is 7.51. The molecular formula is C24H27ClN6. The van der Waals surface area contributed by atoms with Gasteiger partial charge in [-0.05, 0) is 62.6 Å². The summed E-state index contributed by atoms with van der Waals surface area (Å²) in [5.74, 6) is 2.62. The maximum atomic E-state index is 6.36. The highest BCUT2D eigenvalue weighted by atomic mass is 35.5. The van der Waals surface area contributed by atoms with Crippen molar-refractivity contribution in [2.24, 2.45) is 5.41 Å². The van der Waals surface area contributed by atoms with Gasteiger partial charge in [-0.25, -0.2) is 0 Å². The van der Waals surface area contributed by atoms with Crippen LogP contribution in [0.4, 0.5) is 5.69 Å². The van der Waals surface area contributed by atoms with Crippen molar-refractivity contribution < 1.29 is 0 Å². The van der Waals surface area contributed by atoms with Crippen LogP contribution < -0.4 is 4.90 Å². The highest BCUT2D eigenvalue weighted by molar-refractivity contribution is 6.30. The second-order valence-electron chi connectivity index (χ2n) is 9.75. The number of anilines is 1. The summed E-state index contributed by atoms with van der Waals surface area (Å²) < 4.78 is 2.32. The number of nitrogens with zero attached hydrogens (tertiary/aromatic N) is 6. The largest absolute Gasteiger partial charge is 0.369 e. The lowest BCUT2D eigenvalue weighted by atomic mass is 9.57. The maximum absolute atomic E-state index is 6.36. The second kappa shape index (κ2) is 7.04. The Kier molecular flexibility index (Phi) is 4.37. The summed E-state index contributed by atoms with van der Waals surface area (Å²) in [4.78, 5) is 9.13. The molecule has 6 nitrogen and oxygen atoms in total. The first-order valence-electron chi connectivity index (χ1n) is 11.1. The minimum atomic E-state index is 0.421. The lowest BCUT2D eigenvalue weighted by Crippen LogP contribution is -2.62. The van der Waals surface area contributed by atoms with Crippen molar-refractivity contribution in [2.75, 3.05) is 18.0 Å². The average Bonchev–Trinajstić information content (AvgIpc) is 3.02. The van der Waals surface area contributed by atoms with Gasteiger partial charge >= 0.3 is 0 Å². The minimum Gasteiger partial charge on any atom is -0.369 e. The summed E-state index contributed by atoms with van der Waals surface area (Å²) in [5.41, 5.74) is 4.09. The monoisotopic (exact) mass is 434 g/mol. The number of benzene rings is 1. The Morgan fingerprint density at radius 1 is 1.10 bits per heavy atom. The number of pyridine rings is 1. The first-order valence-corrected chi connectivity index (χ1v) is 11.5. The molecule has 31 heavy (non-hydrogen) atoms. The smallest absolute Gasteiger partial charge is 0.151 e. The summed E-state index contributed by atoms with van der Waals surface area (Å²) in [7, 11) is 0. The van der Waals surface area contributed by atoms with Crippen LogP contribution in [0.15, 0.2) is 42.7 Å². The molecule has 160 valence electrons. The number of halogens is 1. The molecule has 6 rings (SSSR count). The average molecular weight is 435 g/mol. The van der Waals surface area contributed by atoms with Crippen molar-refractivity contribution in [2.45, 2.75) is 51.7 Å². The lowest BCUT2D eigenvalue weighted by Gasteiger charge is -2.59. The van der Waals surface area contributed by atoms with E-state index < -0.39 is 0 Å². The molecule has 7 heteroatoms. The molecule has 1 aliphatic carbocycles. The molecule has 2 fully saturated rings. The minimum absolute atomic E-state index is 0.421. The molecule has 2 aliphatic heterocycles. The molecule has 1 spiro atoms. The molecule has 4 heterocycles. The van der Waals surface area contributed by atoms with Crippen molar-refractivity contribution in [3.05, 3.63) is 65.0 Å². The van der Waals surface area contributed by atoms with Crippen molar-refractivity contribution >= 4 is 17.3 Å². The Morgan fingerprint density at radius 3 is 2.68 bits per heavy atom. The fraction of sp³-hybridized carbons (Fsp3) is 0.458. The van der Waals surface area contributed by atoms with Gasteiger partial charge in [0.25, 0.3) is 0 Å². The first-order chi connectivity index (χ1) is 15.0. The van der Waals surface area contributed by atoms with E-state index in [0.717, 1.165) is 42.9 Å². The van der Waals surface area contributed by atoms with Gasteiger partial charge in [0.15, 0.2) is 5.82 Å². The quantitative estimate of drug-likeness (QED) is 0.610. The summed E-state index contributed by atoms with van der Waals surface area (Å²) in [6.07, 6.45) is 6.16. The predicted octanol–water partition coefficient (Wildman–Crippen LogP) is 4.42. The molecule has 1 saturated carbocycles. The van der Waals surface area contributed by atoms with E-state index in [-0.39, 0.29) is 0 Å². The highest BCUT2D eigenvalue weighted by Gasteiger charge is 2.54. The van der Waals surface area contributed by atoms with Crippen LogP contribution in [0.25, 0.3) is 5.69 Å². The molecule has 0 bridgehead atoms. The Labute approximate surface area is 187 Å². The first kappa shape index (κ1) is 19.3. The molecule has 0 N–H and O–H groups in total. The van der Waals surface area contributed by atoms with Gasteiger partial charge in [0.1, 0.15) is 5.82 Å². The van der Waals surface area contributed by atoms with Gasteiger partial charge in [-0.1, -0.05) is 11.6 Å². The van der Waals surface area contributed by atoms with Crippen LogP contribution in [0.2, 0.25) is 5.02 Å². The van der Waals surface area contributed by atoms with Crippen LogP contribution in [-0.2, 0) is 13.1 Å². The fourth-order valence-corrected chi connectivity index (χ4v) is 5.79. The number of aromatic nitrogens is 4. The van der Waals surface area contributed by atoms with Gasteiger partial charge in [0.2, 0.25) is 0 Å². The normalized spacial score (nSPS) is 20.2. The van der Waals surface area contributed by atoms with E-state index in [4.69, 9.17) is 16.7 Å². The summed E-state index contributed by atoms with van der Waals surface area (Å²) >= 11 is 6.36. The molecule has 1 saturated heterocycles. The zero-order valence-corrected chi connectivity index (χ0v) is 18.8. The van der Waals surface area contributed by atoms with E-state index in [0.29, 0.717) is 17.4 Å². The van der Waals surface area contributed by atoms with Gasteiger partial charge < -0.3 is 4.90 Å². The van der Waals surface area contributed by atoms with Gasteiger partial charge in [-0.2, -0.15) is 0 Å². The highest BCUT2D eigenvalue weighted by Crippen LogP contribution is 2.56. The van der Waals surface area contributed by atoms with Gasteiger partial charge in [0, 0.05) is 48.2 Å². The zero-order valence-electron chi connectivity index (χ0n) is 18.0. The SMILES string of the molecule is CC(C)N1Cc2cc(Cl)ccc2-n2c(nnc2C2CC3(C2)CN(c2cccnc2)C3)C1. The Balaban J connectivity index is 1.26. The standard InChI is InChI=1S/C24H27ClN6/c1-16(2)29-12-17-8-19(25)5-6-21(17)31-22(13-29)27-28-23(31)18-9-24(10-18)14-30(15-24)20-4-3-7-26-11-20/h3-8,11,16,18H,9-10,12-15H2,1-2H3. The van der Waals surface area contributed by atoms with E-state index in [1.807, 2.05) is 24.5 Å². The Hall–Kier alpha value is -2.44. The predicted molar refractivity (Wildman–Crippen MR) is 122 cm³/mol. The molecule has 0 atom stereocenters. The Bertz CT molecular complexity index is 1110. The molecule has 0 unspecified atom stereocenters. The number of hydrogen-bond acceptors (Lipinski definition) is 5.